The second-order valence-corrected chi connectivity index (χ2v) is 3.70. The van der Waals surface area contributed by atoms with Crippen LogP contribution >= 0.6 is 0 Å². The Balaban J connectivity index is 2.46. The Morgan fingerprint density at radius 1 is 1.05 bits per heavy atom. The molecule has 0 spiro atoms. The number of alkyl halides is 3. The van der Waals surface area contributed by atoms with Gasteiger partial charge in [-0.3, -0.25) is 0 Å². The van der Waals surface area contributed by atoms with Gasteiger partial charge in [0.05, 0.1) is 23.5 Å². The zero-order valence-corrected chi connectivity index (χ0v) is 9.35. The lowest BCUT2D eigenvalue weighted by Crippen LogP contribution is -2.05. The third-order valence-corrected chi connectivity index (χ3v) is 2.48. The smallest absolute Gasteiger partial charge is 0.416 e. The number of benzene rings is 1. The van der Waals surface area contributed by atoms with Crippen molar-refractivity contribution in [3.8, 4) is 11.1 Å². The van der Waals surface area contributed by atoms with Crippen LogP contribution in [0.3, 0.4) is 0 Å². The quantitative estimate of drug-likeness (QED) is 0.909. The molecule has 1 N–H and O–H groups in total. The summed E-state index contributed by atoms with van der Waals surface area (Å²) in [5.74, 6) is -1.22. The number of nitrogens with zero attached hydrogens (tertiary/aromatic N) is 2. The molecular formula is C12H7F3N2O2. The maximum absolute atomic E-state index is 12.4. The second kappa shape index (κ2) is 4.68. The molecule has 0 saturated heterocycles. The van der Waals surface area contributed by atoms with Crippen molar-refractivity contribution in [2.24, 2.45) is 0 Å². The van der Waals surface area contributed by atoms with Crippen LogP contribution in [0, 0.1) is 0 Å². The van der Waals surface area contributed by atoms with Gasteiger partial charge < -0.3 is 5.11 Å². The molecule has 1 heterocycles. The third kappa shape index (κ3) is 2.70. The molecule has 1 aromatic heterocycles. The maximum atomic E-state index is 12.4. The van der Waals surface area contributed by atoms with Crippen LogP contribution in [0.5, 0.6) is 0 Å². The summed E-state index contributed by atoms with van der Waals surface area (Å²) >= 11 is 0. The number of hydrogen-bond donors (Lipinski definition) is 1. The van der Waals surface area contributed by atoms with Crippen LogP contribution in [0.25, 0.3) is 11.1 Å². The Labute approximate surface area is 105 Å². The highest BCUT2D eigenvalue weighted by Crippen LogP contribution is 2.31. The van der Waals surface area contributed by atoms with E-state index < -0.39 is 17.7 Å². The summed E-state index contributed by atoms with van der Waals surface area (Å²) in [6.45, 7) is 0. The van der Waals surface area contributed by atoms with Crippen LogP contribution in [0.2, 0.25) is 0 Å². The van der Waals surface area contributed by atoms with Crippen molar-refractivity contribution in [3.05, 3.63) is 47.8 Å². The molecule has 0 bridgehead atoms. The summed E-state index contributed by atoms with van der Waals surface area (Å²) in [7, 11) is 0. The number of carboxylic acid groups (broad SMARTS) is 1. The van der Waals surface area contributed by atoms with Gasteiger partial charge in [-0.15, -0.1) is 0 Å². The van der Waals surface area contributed by atoms with E-state index in [9.17, 15) is 18.0 Å². The van der Waals surface area contributed by atoms with E-state index >= 15 is 0 Å². The first kappa shape index (κ1) is 13.0. The molecular weight excluding hydrogens is 261 g/mol. The number of hydrogen-bond acceptors (Lipinski definition) is 3. The number of aromatic nitrogens is 2. The molecule has 0 unspecified atom stereocenters. The highest BCUT2D eigenvalue weighted by molar-refractivity contribution is 5.95. The third-order valence-electron chi connectivity index (χ3n) is 2.48. The van der Waals surface area contributed by atoms with Gasteiger partial charge in [-0.1, -0.05) is 12.1 Å². The van der Waals surface area contributed by atoms with Gasteiger partial charge in [0.2, 0.25) is 0 Å². The molecule has 0 aliphatic rings. The van der Waals surface area contributed by atoms with Crippen molar-refractivity contribution in [3.63, 3.8) is 0 Å². The lowest BCUT2D eigenvalue weighted by Gasteiger charge is -2.08. The molecule has 0 fully saturated rings. The zero-order valence-electron chi connectivity index (χ0n) is 9.35. The van der Waals surface area contributed by atoms with Crippen LogP contribution in [0.1, 0.15) is 15.9 Å². The largest absolute Gasteiger partial charge is 0.478 e. The fourth-order valence-corrected chi connectivity index (χ4v) is 1.56. The van der Waals surface area contributed by atoms with E-state index in [4.69, 9.17) is 5.11 Å². The number of carbonyl (C=O) groups is 1. The first-order valence-corrected chi connectivity index (χ1v) is 5.11. The van der Waals surface area contributed by atoms with Crippen molar-refractivity contribution < 1.29 is 23.1 Å². The van der Waals surface area contributed by atoms with Crippen LogP contribution in [0.4, 0.5) is 13.2 Å². The Morgan fingerprint density at radius 2 is 1.63 bits per heavy atom. The molecule has 0 atom stereocenters. The van der Waals surface area contributed by atoms with Crippen molar-refractivity contribution in [1.29, 1.82) is 0 Å². The molecule has 0 aliphatic carbocycles. The highest BCUT2D eigenvalue weighted by Gasteiger charge is 2.30. The molecule has 0 aliphatic heterocycles. The summed E-state index contributed by atoms with van der Waals surface area (Å²) in [6.07, 6.45) is -2.17. The van der Waals surface area contributed by atoms with E-state index in [-0.39, 0.29) is 11.1 Å². The standard InChI is InChI=1S/C12H7F3N2O2/c13-12(14,15)8-3-1-7(2-4-8)9-5-16-17-6-10(9)11(18)19/h1-6H,(H,18,19). The predicted molar refractivity (Wildman–Crippen MR) is 59.4 cm³/mol. The summed E-state index contributed by atoms with van der Waals surface area (Å²) < 4.78 is 37.2. The van der Waals surface area contributed by atoms with Gasteiger partial charge in [-0.25, -0.2) is 4.79 Å². The van der Waals surface area contributed by atoms with E-state index in [1.807, 2.05) is 0 Å². The van der Waals surface area contributed by atoms with E-state index in [0.717, 1.165) is 18.3 Å². The van der Waals surface area contributed by atoms with E-state index in [1.165, 1.54) is 18.3 Å². The first-order chi connectivity index (χ1) is 8.89. The SMILES string of the molecule is O=C(O)c1cnncc1-c1ccc(C(F)(F)F)cc1. The average Bonchev–Trinajstić information content (AvgIpc) is 2.38. The summed E-state index contributed by atoms with van der Waals surface area (Å²) in [6, 6.07) is 4.18. The Kier molecular flexibility index (Phi) is 3.20. The molecule has 0 amide bonds. The summed E-state index contributed by atoms with van der Waals surface area (Å²) in [4.78, 5) is 11.0. The molecule has 7 heteroatoms. The topological polar surface area (TPSA) is 63.1 Å². The monoisotopic (exact) mass is 268 g/mol. The number of carboxylic acids is 1. The van der Waals surface area contributed by atoms with Gasteiger partial charge in [-0.05, 0) is 17.7 Å². The van der Waals surface area contributed by atoms with Gasteiger partial charge in [0.1, 0.15) is 0 Å². The maximum Gasteiger partial charge on any atom is 0.416 e. The fraction of sp³-hybridized carbons (Fsp3) is 0.0833. The van der Waals surface area contributed by atoms with Gasteiger partial charge in [-0.2, -0.15) is 23.4 Å². The lowest BCUT2D eigenvalue weighted by atomic mass is 10.0. The van der Waals surface area contributed by atoms with E-state index in [1.54, 1.807) is 0 Å². The van der Waals surface area contributed by atoms with Crippen molar-refractivity contribution in [1.82, 2.24) is 10.2 Å². The molecule has 0 saturated carbocycles. The van der Waals surface area contributed by atoms with E-state index in [0.29, 0.717) is 5.56 Å². The minimum atomic E-state index is -4.43. The predicted octanol–water partition coefficient (Wildman–Crippen LogP) is 2.86. The molecule has 1 aromatic carbocycles. The molecule has 2 rings (SSSR count). The normalized spacial score (nSPS) is 11.3. The molecule has 19 heavy (non-hydrogen) atoms. The van der Waals surface area contributed by atoms with Crippen LogP contribution in [0.15, 0.2) is 36.7 Å². The molecule has 0 radical (unpaired) electrons. The van der Waals surface area contributed by atoms with Crippen LogP contribution in [-0.4, -0.2) is 21.3 Å². The Hall–Kier alpha value is -2.44. The van der Waals surface area contributed by atoms with Gasteiger partial charge >= 0.3 is 12.1 Å². The number of rotatable bonds is 2. The average molecular weight is 268 g/mol. The lowest BCUT2D eigenvalue weighted by molar-refractivity contribution is -0.137. The van der Waals surface area contributed by atoms with Gasteiger partial charge in [0.25, 0.3) is 0 Å². The highest BCUT2D eigenvalue weighted by atomic mass is 19.4. The minimum Gasteiger partial charge on any atom is -0.478 e. The molecule has 98 valence electrons. The second-order valence-electron chi connectivity index (χ2n) is 3.70. The first-order valence-electron chi connectivity index (χ1n) is 5.11. The molecule has 2 aromatic rings. The van der Waals surface area contributed by atoms with Crippen molar-refractivity contribution in [2.75, 3.05) is 0 Å². The minimum absolute atomic E-state index is 0.116. The summed E-state index contributed by atoms with van der Waals surface area (Å²) in [5, 5.41) is 15.9. The fourth-order valence-electron chi connectivity index (χ4n) is 1.56. The Bertz CT molecular complexity index is 609. The van der Waals surface area contributed by atoms with Crippen molar-refractivity contribution in [2.45, 2.75) is 6.18 Å². The van der Waals surface area contributed by atoms with Crippen molar-refractivity contribution >= 4 is 5.97 Å². The number of halogens is 3. The zero-order chi connectivity index (χ0) is 14.0. The van der Waals surface area contributed by atoms with Crippen LogP contribution < -0.4 is 0 Å². The van der Waals surface area contributed by atoms with Crippen LogP contribution in [-0.2, 0) is 6.18 Å². The summed E-state index contributed by atoms with van der Waals surface area (Å²) in [5.41, 5.74) is -0.360. The molecule has 4 nitrogen and oxygen atoms in total. The Morgan fingerprint density at radius 3 is 2.16 bits per heavy atom. The van der Waals surface area contributed by atoms with E-state index in [2.05, 4.69) is 10.2 Å². The van der Waals surface area contributed by atoms with Gasteiger partial charge in [0, 0.05) is 5.56 Å². The number of aromatic carboxylic acids is 1. The van der Waals surface area contributed by atoms with Gasteiger partial charge in [0.15, 0.2) is 0 Å².